The summed E-state index contributed by atoms with van der Waals surface area (Å²) in [5.74, 6) is 1.97. The zero-order chi connectivity index (χ0) is 33.9. The van der Waals surface area contributed by atoms with Gasteiger partial charge in [-0.05, 0) is 125 Å². The topological polar surface area (TPSA) is 113 Å². The number of amides is 1. The Hall–Kier alpha value is -1.96. The number of nitrogens with two attached hydrogens (primary N) is 1. The number of ether oxygens (including phenoxy) is 1. The van der Waals surface area contributed by atoms with Crippen LogP contribution < -0.4 is 5.73 Å². The third-order valence-electron chi connectivity index (χ3n) is 11.9. The van der Waals surface area contributed by atoms with E-state index in [1.165, 1.54) is 5.57 Å². The van der Waals surface area contributed by atoms with Crippen LogP contribution in [-0.2, 0) is 14.3 Å². The molecule has 0 saturated heterocycles. The lowest BCUT2D eigenvalue weighted by Crippen LogP contribution is -2.46. The number of carbonyl (C=O) groups excluding carboxylic acids is 2. The summed E-state index contributed by atoms with van der Waals surface area (Å²) in [6.45, 7) is 19.4. The second-order valence-electron chi connectivity index (χ2n) is 16.2. The van der Waals surface area contributed by atoms with Gasteiger partial charge in [-0.15, -0.1) is 0 Å². The van der Waals surface area contributed by atoms with E-state index in [4.69, 9.17) is 10.5 Å². The SMILES string of the molecule is C=C(C(C)C(C)CN)N(C(=O)C[C@H](O)C[C@H](O)CC[C@@H]1C2C(=C[C@H](C)C[C@@H]2OC(=O)C(C)(C)CC)C=C[C@@H]1C)C(C1CC1)C1CC1. The number of allylic oxidation sites excluding steroid dienone is 4. The van der Waals surface area contributed by atoms with Gasteiger partial charge >= 0.3 is 5.97 Å². The van der Waals surface area contributed by atoms with Crippen molar-refractivity contribution in [2.24, 2.45) is 58.5 Å². The number of rotatable bonds is 17. The van der Waals surface area contributed by atoms with Crippen molar-refractivity contribution in [1.82, 2.24) is 4.90 Å². The summed E-state index contributed by atoms with van der Waals surface area (Å²) in [4.78, 5) is 29.0. The van der Waals surface area contributed by atoms with Gasteiger partial charge in [0.1, 0.15) is 6.10 Å². The van der Waals surface area contributed by atoms with E-state index < -0.39 is 17.6 Å². The van der Waals surface area contributed by atoms with Crippen molar-refractivity contribution in [1.29, 1.82) is 0 Å². The molecule has 4 N–H and O–H groups in total. The smallest absolute Gasteiger partial charge is 0.311 e. The molecule has 7 heteroatoms. The van der Waals surface area contributed by atoms with Gasteiger partial charge in [0, 0.05) is 17.7 Å². The predicted octanol–water partition coefficient (Wildman–Crippen LogP) is 6.78. The molecule has 0 spiro atoms. The number of aliphatic hydroxyl groups is 2. The lowest BCUT2D eigenvalue weighted by atomic mass is 9.65. The van der Waals surface area contributed by atoms with Crippen molar-refractivity contribution < 1.29 is 24.5 Å². The van der Waals surface area contributed by atoms with Gasteiger partial charge in [-0.2, -0.15) is 0 Å². The molecule has 3 unspecified atom stereocenters. The quantitative estimate of drug-likeness (QED) is 0.151. The fourth-order valence-electron chi connectivity index (χ4n) is 7.81. The molecule has 0 aromatic rings. The lowest BCUT2D eigenvalue weighted by Gasteiger charge is -2.44. The van der Waals surface area contributed by atoms with Gasteiger partial charge in [-0.1, -0.05) is 59.4 Å². The van der Waals surface area contributed by atoms with Crippen molar-refractivity contribution in [3.05, 3.63) is 36.1 Å². The van der Waals surface area contributed by atoms with Crippen LogP contribution in [0.25, 0.3) is 0 Å². The molecule has 4 rings (SSSR count). The van der Waals surface area contributed by atoms with Gasteiger partial charge in [0.25, 0.3) is 0 Å². The summed E-state index contributed by atoms with van der Waals surface area (Å²) >= 11 is 0. The van der Waals surface area contributed by atoms with E-state index in [2.05, 4.69) is 52.5 Å². The van der Waals surface area contributed by atoms with Crippen LogP contribution in [0.4, 0.5) is 0 Å². The van der Waals surface area contributed by atoms with E-state index in [9.17, 15) is 19.8 Å². The molecule has 46 heavy (non-hydrogen) atoms. The van der Waals surface area contributed by atoms with E-state index in [0.717, 1.165) is 50.6 Å². The van der Waals surface area contributed by atoms with Crippen LogP contribution in [0.15, 0.2) is 36.1 Å². The minimum atomic E-state index is -0.932. The van der Waals surface area contributed by atoms with Crippen molar-refractivity contribution >= 4 is 11.9 Å². The molecule has 7 nitrogen and oxygen atoms in total. The van der Waals surface area contributed by atoms with Crippen molar-refractivity contribution in [2.45, 2.75) is 137 Å². The summed E-state index contributed by atoms with van der Waals surface area (Å²) in [6.07, 6.45) is 12.4. The van der Waals surface area contributed by atoms with Gasteiger partial charge in [-0.3, -0.25) is 9.59 Å². The van der Waals surface area contributed by atoms with Crippen LogP contribution in [0.5, 0.6) is 0 Å². The summed E-state index contributed by atoms with van der Waals surface area (Å²) < 4.78 is 6.25. The first-order valence-electron chi connectivity index (χ1n) is 18.4. The Kier molecular flexibility index (Phi) is 12.4. The first-order valence-corrected chi connectivity index (χ1v) is 18.4. The summed E-state index contributed by atoms with van der Waals surface area (Å²) in [5, 5.41) is 22.3. The second kappa shape index (κ2) is 15.5. The van der Waals surface area contributed by atoms with Gasteiger partial charge < -0.3 is 25.6 Å². The molecule has 0 bridgehead atoms. The summed E-state index contributed by atoms with van der Waals surface area (Å²) in [6, 6.07) is 0.163. The zero-order valence-electron chi connectivity index (χ0n) is 29.8. The number of hydrogen-bond acceptors (Lipinski definition) is 6. The number of carbonyl (C=O) groups is 2. The van der Waals surface area contributed by atoms with Gasteiger partial charge in [0.05, 0.1) is 24.0 Å². The highest BCUT2D eigenvalue weighted by molar-refractivity contribution is 5.79. The van der Waals surface area contributed by atoms with Crippen LogP contribution in [0.2, 0.25) is 0 Å². The second-order valence-corrected chi connectivity index (χ2v) is 16.2. The molecule has 0 aromatic carbocycles. The summed E-state index contributed by atoms with van der Waals surface area (Å²) in [5.41, 5.74) is 7.51. The maximum atomic E-state index is 13.9. The molecule has 0 heterocycles. The maximum Gasteiger partial charge on any atom is 0.311 e. The normalized spacial score (nSPS) is 28.9. The van der Waals surface area contributed by atoms with Crippen molar-refractivity contribution in [3.8, 4) is 0 Å². The minimum absolute atomic E-state index is 0.0169. The molecule has 0 aliphatic heterocycles. The molecule has 9 atom stereocenters. The van der Waals surface area contributed by atoms with Gasteiger partial charge in [0.2, 0.25) is 5.91 Å². The molecule has 0 aromatic heterocycles. The number of hydrogen-bond donors (Lipinski definition) is 3. The highest BCUT2D eigenvalue weighted by Crippen LogP contribution is 2.49. The standard InChI is InChI=1S/C39H64N2O5/c1-9-39(7,8)38(45)46-34-19-23(2)18-30-11-10-24(3)33(36(30)34)17-16-31(42)20-32(43)21-35(44)41(27(6)26(5)25(4)22-40)37(28-12-13-28)29-14-15-29/h10-11,18,23-26,28-29,31-34,36-37,42-43H,6,9,12-17,19-22,40H2,1-5,7-8H3/t23-,24-,25?,26?,31+,32+,33-,34-,36?/m0/s1. The Bertz CT molecular complexity index is 1130. The molecule has 0 radical (unpaired) electrons. The number of esters is 1. The molecular weight excluding hydrogens is 576 g/mol. The molecule has 260 valence electrons. The van der Waals surface area contributed by atoms with E-state index >= 15 is 0 Å². The van der Waals surface area contributed by atoms with Crippen LogP contribution in [0, 0.1) is 52.8 Å². The van der Waals surface area contributed by atoms with E-state index in [-0.39, 0.29) is 66.5 Å². The predicted molar refractivity (Wildman–Crippen MR) is 184 cm³/mol. The van der Waals surface area contributed by atoms with Crippen LogP contribution in [0.1, 0.15) is 113 Å². The molecule has 1 amide bonds. The highest BCUT2D eigenvalue weighted by atomic mass is 16.5. The zero-order valence-corrected chi connectivity index (χ0v) is 29.8. The lowest BCUT2D eigenvalue weighted by molar-refractivity contribution is -0.164. The molecule has 4 aliphatic carbocycles. The number of fused-ring (bicyclic) bond motifs is 1. The highest BCUT2D eigenvalue weighted by Gasteiger charge is 2.48. The van der Waals surface area contributed by atoms with Crippen molar-refractivity contribution in [2.75, 3.05) is 6.54 Å². The number of aliphatic hydroxyl groups excluding tert-OH is 2. The molecular formula is C39H64N2O5. The minimum Gasteiger partial charge on any atom is -0.461 e. The average Bonchev–Trinajstić information content (AvgIpc) is 3.93. The van der Waals surface area contributed by atoms with Crippen molar-refractivity contribution in [3.63, 3.8) is 0 Å². The van der Waals surface area contributed by atoms with Crippen LogP contribution >= 0.6 is 0 Å². The summed E-state index contributed by atoms with van der Waals surface area (Å²) in [7, 11) is 0. The average molecular weight is 641 g/mol. The third-order valence-corrected chi connectivity index (χ3v) is 11.9. The Labute approximate surface area is 279 Å². The Morgan fingerprint density at radius 2 is 1.74 bits per heavy atom. The largest absolute Gasteiger partial charge is 0.461 e. The van der Waals surface area contributed by atoms with E-state index in [1.54, 1.807) is 0 Å². The van der Waals surface area contributed by atoms with E-state index in [0.29, 0.717) is 30.7 Å². The van der Waals surface area contributed by atoms with Crippen LogP contribution in [0.3, 0.4) is 0 Å². The molecule has 2 saturated carbocycles. The Morgan fingerprint density at radius 3 is 2.30 bits per heavy atom. The fourth-order valence-corrected chi connectivity index (χ4v) is 7.81. The monoisotopic (exact) mass is 640 g/mol. The Balaban J connectivity index is 1.39. The van der Waals surface area contributed by atoms with E-state index in [1.807, 2.05) is 25.7 Å². The third kappa shape index (κ3) is 8.93. The molecule has 4 aliphatic rings. The molecule has 2 fully saturated rings. The maximum absolute atomic E-state index is 13.9. The first-order chi connectivity index (χ1) is 21.7. The van der Waals surface area contributed by atoms with Gasteiger partial charge in [0.15, 0.2) is 0 Å². The van der Waals surface area contributed by atoms with Gasteiger partial charge in [-0.25, -0.2) is 0 Å². The number of nitrogens with zero attached hydrogens (tertiary/aromatic N) is 1. The van der Waals surface area contributed by atoms with Crippen LogP contribution in [-0.4, -0.2) is 57.9 Å². The Morgan fingerprint density at radius 1 is 1.11 bits per heavy atom. The first kappa shape index (κ1) is 36.9. The fraction of sp³-hybridized carbons (Fsp3) is 0.795.